The molecule has 0 saturated heterocycles. The van der Waals surface area contributed by atoms with Gasteiger partial charge in [-0.2, -0.15) is 5.10 Å². The van der Waals surface area contributed by atoms with Gasteiger partial charge in [0.15, 0.2) is 0 Å². The number of rotatable bonds is 7. The highest BCUT2D eigenvalue weighted by molar-refractivity contribution is 7.92. The van der Waals surface area contributed by atoms with Crippen LogP contribution in [0.25, 0.3) is 0 Å². The number of benzene rings is 3. The number of carbonyl (C=O) groups is 1. The lowest BCUT2D eigenvalue weighted by Crippen LogP contribution is -2.39. The van der Waals surface area contributed by atoms with Crippen LogP contribution < -0.4 is 9.73 Å². The van der Waals surface area contributed by atoms with E-state index in [1.807, 2.05) is 0 Å². The lowest BCUT2D eigenvalue weighted by Gasteiger charge is -2.23. The van der Waals surface area contributed by atoms with Gasteiger partial charge in [-0.05, 0) is 43.3 Å². The Kier molecular flexibility index (Phi) is 6.48. The second-order valence-corrected chi connectivity index (χ2v) is 8.27. The number of hydrazone groups is 1. The van der Waals surface area contributed by atoms with E-state index in [-0.39, 0.29) is 10.6 Å². The van der Waals surface area contributed by atoms with Crippen molar-refractivity contribution in [2.24, 2.45) is 5.10 Å². The van der Waals surface area contributed by atoms with E-state index in [4.69, 9.17) is 0 Å². The maximum absolute atomic E-state index is 13.1. The van der Waals surface area contributed by atoms with Crippen LogP contribution in [0.4, 0.5) is 5.69 Å². The molecule has 30 heavy (non-hydrogen) atoms. The number of anilines is 1. The molecule has 0 spiro atoms. The summed E-state index contributed by atoms with van der Waals surface area (Å²) >= 11 is 0. The SMILES string of the molecule is C/C(=N\NC(=O)CN(c1ccccc1)S(=O)(=O)c1ccccc1)c1ccccc1O. The molecular formula is C22H21N3O4S. The molecule has 0 aliphatic carbocycles. The first kappa shape index (κ1) is 21.1. The second kappa shape index (κ2) is 9.23. The molecule has 0 bridgehead atoms. The number of hydrogen-bond donors (Lipinski definition) is 2. The molecule has 7 nitrogen and oxygen atoms in total. The first-order chi connectivity index (χ1) is 14.4. The number of carbonyl (C=O) groups excluding carboxylic acids is 1. The zero-order chi connectivity index (χ0) is 21.6. The Morgan fingerprint density at radius 1 is 0.933 bits per heavy atom. The third kappa shape index (κ3) is 4.84. The first-order valence-electron chi connectivity index (χ1n) is 9.14. The second-order valence-electron chi connectivity index (χ2n) is 6.41. The van der Waals surface area contributed by atoms with Gasteiger partial charge in [0, 0.05) is 5.56 Å². The minimum atomic E-state index is -3.96. The van der Waals surface area contributed by atoms with Crippen LogP contribution in [0.5, 0.6) is 5.75 Å². The van der Waals surface area contributed by atoms with Crippen LogP contribution in [0.15, 0.2) is 94.9 Å². The third-order valence-electron chi connectivity index (χ3n) is 4.30. The fraction of sp³-hybridized carbons (Fsp3) is 0.0909. The van der Waals surface area contributed by atoms with Crippen molar-refractivity contribution in [2.75, 3.05) is 10.8 Å². The summed E-state index contributed by atoms with van der Waals surface area (Å²) in [7, 11) is -3.96. The number of phenolic OH excluding ortho intramolecular Hbond substituents is 1. The summed E-state index contributed by atoms with van der Waals surface area (Å²) in [5.74, 6) is -0.585. The largest absolute Gasteiger partial charge is 0.507 e. The molecule has 8 heteroatoms. The zero-order valence-electron chi connectivity index (χ0n) is 16.3. The van der Waals surface area contributed by atoms with Crippen molar-refractivity contribution >= 4 is 27.3 Å². The standard InChI is InChI=1S/C22H21N3O4S/c1-17(20-14-8-9-15-21(20)26)23-24-22(27)16-25(18-10-4-2-5-11-18)30(28,29)19-12-6-3-7-13-19/h2-15,26H,16H2,1H3,(H,24,27)/b23-17+. The molecule has 3 rings (SSSR count). The Bertz CT molecular complexity index is 1150. The van der Waals surface area contributed by atoms with Crippen LogP contribution in [-0.4, -0.2) is 31.7 Å². The molecule has 0 heterocycles. The Balaban J connectivity index is 1.84. The minimum Gasteiger partial charge on any atom is -0.507 e. The van der Waals surface area contributed by atoms with Gasteiger partial charge < -0.3 is 5.11 Å². The molecule has 1 amide bonds. The summed E-state index contributed by atoms with van der Waals surface area (Å²) in [5, 5.41) is 13.9. The topological polar surface area (TPSA) is 99.1 Å². The van der Waals surface area contributed by atoms with Crippen molar-refractivity contribution in [1.82, 2.24) is 5.43 Å². The molecular weight excluding hydrogens is 402 g/mol. The number of sulfonamides is 1. The molecule has 3 aromatic rings. The predicted molar refractivity (Wildman–Crippen MR) is 116 cm³/mol. The van der Waals surface area contributed by atoms with Crippen molar-refractivity contribution in [2.45, 2.75) is 11.8 Å². The van der Waals surface area contributed by atoms with Gasteiger partial charge in [0.1, 0.15) is 12.3 Å². The number of amides is 1. The minimum absolute atomic E-state index is 0.0329. The summed E-state index contributed by atoms with van der Waals surface area (Å²) in [4.78, 5) is 12.6. The van der Waals surface area contributed by atoms with Gasteiger partial charge >= 0.3 is 0 Å². The van der Waals surface area contributed by atoms with Gasteiger partial charge in [-0.25, -0.2) is 13.8 Å². The molecule has 3 aromatic carbocycles. The van der Waals surface area contributed by atoms with Crippen molar-refractivity contribution in [1.29, 1.82) is 0 Å². The number of para-hydroxylation sites is 2. The fourth-order valence-electron chi connectivity index (χ4n) is 2.78. The van der Waals surface area contributed by atoms with Gasteiger partial charge in [-0.3, -0.25) is 9.10 Å². The van der Waals surface area contributed by atoms with Gasteiger partial charge in [-0.1, -0.05) is 48.5 Å². The Labute approximate surface area is 175 Å². The summed E-state index contributed by atoms with van der Waals surface area (Å²) in [6.07, 6.45) is 0. The van der Waals surface area contributed by atoms with Gasteiger partial charge in [0.25, 0.3) is 15.9 Å². The van der Waals surface area contributed by atoms with Crippen LogP contribution in [0.1, 0.15) is 12.5 Å². The average molecular weight is 423 g/mol. The van der Waals surface area contributed by atoms with E-state index >= 15 is 0 Å². The number of nitrogens with zero attached hydrogens (tertiary/aromatic N) is 2. The van der Waals surface area contributed by atoms with E-state index < -0.39 is 22.5 Å². The summed E-state index contributed by atoms with van der Waals surface area (Å²) in [5.41, 5.74) is 3.58. The molecule has 0 aromatic heterocycles. The van der Waals surface area contributed by atoms with Crippen molar-refractivity contribution in [3.8, 4) is 5.75 Å². The first-order valence-corrected chi connectivity index (χ1v) is 10.6. The molecule has 0 aliphatic rings. The summed E-state index contributed by atoms with van der Waals surface area (Å²) in [6, 6.07) is 22.9. The molecule has 0 unspecified atom stereocenters. The van der Waals surface area contributed by atoms with Gasteiger partial charge in [0.05, 0.1) is 16.3 Å². The maximum atomic E-state index is 13.1. The van der Waals surface area contributed by atoms with E-state index in [2.05, 4.69) is 10.5 Å². The quantitative estimate of drug-likeness (QED) is 0.450. The lowest BCUT2D eigenvalue weighted by atomic mass is 10.1. The highest BCUT2D eigenvalue weighted by Crippen LogP contribution is 2.23. The number of phenols is 1. The van der Waals surface area contributed by atoms with E-state index in [0.717, 1.165) is 4.31 Å². The van der Waals surface area contributed by atoms with Gasteiger partial charge in [-0.15, -0.1) is 0 Å². The highest BCUT2D eigenvalue weighted by Gasteiger charge is 2.26. The average Bonchev–Trinajstić information content (AvgIpc) is 2.77. The molecule has 0 saturated carbocycles. The molecule has 154 valence electrons. The van der Waals surface area contributed by atoms with Crippen molar-refractivity contribution in [3.05, 3.63) is 90.5 Å². The molecule has 0 fully saturated rings. The number of aromatic hydroxyl groups is 1. The summed E-state index contributed by atoms with van der Waals surface area (Å²) < 4.78 is 27.3. The van der Waals surface area contributed by atoms with Gasteiger partial charge in [0.2, 0.25) is 0 Å². The van der Waals surface area contributed by atoms with Crippen LogP contribution in [-0.2, 0) is 14.8 Å². The zero-order valence-corrected chi connectivity index (χ0v) is 17.1. The highest BCUT2D eigenvalue weighted by atomic mass is 32.2. The molecule has 2 N–H and O–H groups in total. The number of hydrogen-bond acceptors (Lipinski definition) is 5. The monoisotopic (exact) mass is 423 g/mol. The van der Waals surface area contributed by atoms with E-state index in [1.165, 1.54) is 18.2 Å². The predicted octanol–water partition coefficient (Wildman–Crippen LogP) is 3.13. The summed E-state index contributed by atoms with van der Waals surface area (Å²) in [6.45, 7) is 1.17. The van der Waals surface area contributed by atoms with Crippen LogP contribution in [0.2, 0.25) is 0 Å². The number of nitrogens with one attached hydrogen (secondary N) is 1. The smallest absolute Gasteiger partial charge is 0.264 e. The molecule has 0 aliphatic heterocycles. The molecule has 0 atom stereocenters. The third-order valence-corrected chi connectivity index (χ3v) is 6.09. The normalized spacial score (nSPS) is 11.7. The van der Waals surface area contributed by atoms with Crippen LogP contribution in [0, 0.1) is 0 Å². The van der Waals surface area contributed by atoms with Crippen molar-refractivity contribution < 1.29 is 18.3 Å². The Hall–Kier alpha value is -3.65. The Morgan fingerprint density at radius 2 is 1.50 bits per heavy atom. The van der Waals surface area contributed by atoms with E-state index in [0.29, 0.717) is 17.0 Å². The maximum Gasteiger partial charge on any atom is 0.264 e. The van der Waals surface area contributed by atoms with E-state index in [9.17, 15) is 18.3 Å². The Morgan fingerprint density at radius 3 is 2.13 bits per heavy atom. The lowest BCUT2D eigenvalue weighted by molar-refractivity contribution is -0.119. The fourth-order valence-corrected chi connectivity index (χ4v) is 4.22. The van der Waals surface area contributed by atoms with Crippen LogP contribution in [0.3, 0.4) is 0 Å². The van der Waals surface area contributed by atoms with Crippen molar-refractivity contribution in [3.63, 3.8) is 0 Å². The van der Waals surface area contributed by atoms with E-state index in [1.54, 1.807) is 73.7 Å². The van der Waals surface area contributed by atoms with Crippen LogP contribution >= 0.6 is 0 Å². The molecule has 0 radical (unpaired) electrons.